The van der Waals surface area contributed by atoms with E-state index in [0.717, 1.165) is 11.1 Å². The maximum Gasteiger partial charge on any atom is 0.127 e. The van der Waals surface area contributed by atoms with Gasteiger partial charge in [0.2, 0.25) is 0 Å². The Kier molecular flexibility index (Phi) is 2.54. The van der Waals surface area contributed by atoms with Crippen LogP contribution in [0.15, 0.2) is 41.1 Å². The maximum absolute atomic E-state index is 5.66. The molecule has 14 heavy (non-hydrogen) atoms. The van der Waals surface area contributed by atoms with Crippen molar-refractivity contribution in [3.8, 4) is 0 Å². The molecule has 0 bridgehead atoms. The Balaban J connectivity index is 2.23. The third-order valence-electron chi connectivity index (χ3n) is 1.98. The summed E-state index contributed by atoms with van der Waals surface area (Å²) in [6, 6.07) is 10.1. The summed E-state index contributed by atoms with van der Waals surface area (Å²) in [5.74, 6) is 0. The van der Waals surface area contributed by atoms with Crippen LogP contribution in [0.1, 0.15) is 5.56 Å². The standard InChI is InChI=1S/C10H10BrN3/c11-10-9(12)6-13-14(10)7-8-4-2-1-3-5-8/h1-6H,7,12H2. The average Bonchev–Trinajstić information content (AvgIpc) is 2.52. The van der Waals surface area contributed by atoms with Crippen molar-refractivity contribution in [2.45, 2.75) is 6.54 Å². The summed E-state index contributed by atoms with van der Waals surface area (Å²) in [6.45, 7) is 0.735. The van der Waals surface area contributed by atoms with Gasteiger partial charge in [-0.25, -0.2) is 0 Å². The largest absolute Gasteiger partial charge is 0.395 e. The molecule has 0 unspecified atom stereocenters. The van der Waals surface area contributed by atoms with Gasteiger partial charge in [0.05, 0.1) is 18.4 Å². The maximum atomic E-state index is 5.66. The van der Waals surface area contributed by atoms with Gasteiger partial charge in [-0.05, 0) is 21.5 Å². The average molecular weight is 252 g/mol. The first-order valence-electron chi connectivity index (χ1n) is 4.28. The second kappa shape index (κ2) is 3.84. The van der Waals surface area contributed by atoms with Crippen molar-refractivity contribution in [3.05, 3.63) is 46.7 Å². The minimum Gasteiger partial charge on any atom is -0.395 e. The number of rotatable bonds is 2. The molecule has 0 aliphatic carbocycles. The van der Waals surface area contributed by atoms with Crippen molar-refractivity contribution in [2.24, 2.45) is 0 Å². The lowest BCUT2D eigenvalue weighted by molar-refractivity contribution is 0.672. The monoisotopic (exact) mass is 251 g/mol. The van der Waals surface area contributed by atoms with Crippen LogP contribution in [0.2, 0.25) is 0 Å². The SMILES string of the molecule is Nc1cnn(Cc2ccccc2)c1Br. The van der Waals surface area contributed by atoms with Crippen molar-refractivity contribution in [1.82, 2.24) is 9.78 Å². The minimum absolute atomic E-state index is 0.668. The first-order chi connectivity index (χ1) is 6.77. The molecule has 0 fully saturated rings. The van der Waals surface area contributed by atoms with Gasteiger partial charge in [0.15, 0.2) is 0 Å². The number of anilines is 1. The van der Waals surface area contributed by atoms with Gasteiger partial charge in [-0.1, -0.05) is 30.3 Å². The fourth-order valence-corrected chi connectivity index (χ4v) is 1.57. The molecule has 1 heterocycles. The number of hydrogen-bond acceptors (Lipinski definition) is 2. The highest BCUT2D eigenvalue weighted by Crippen LogP contribution is 2.18. The lowest BCUT2D eigenvalue weighted by Crippen LogP contribution is -2.01. The fourth-order valence-electron chi connectivity index (χ4n) is 1.25. The molecule has 72 valence electrons. The summed E-state index contributed by atoms with van der Waals surface area (Å²) >= 11 is 3.38. The Morgan fingerprint density at radius 2 is 2.00 bits per heavy atom. The Morgan fingerprint density at radius 3 is 2.57 bits per heavy atom. The van der Waals surface area contributed by atoms with E-state index in [-0.39, 0.29) is 0 Å². The van der Waals surface area contributed by atoms with E-state index in [9.17, 15) is 0 Å². The van der Waals surface area contributed by atoms with Crippen LogP contribution in [0.3, 0.4) is 0 Å². The molecule has 0 saturated heterocycles. The van der Waals surface area contributed by atoms with Crippen molar-refractivity contribution in [3.63, 3.8) is 0 Å². The van der Waals surface area contributed by atoms with E-state index in [1.165, 1.54) is 5.56 Å². The molecule has 0 amide bonds. The van der Waals surface area contributed by atoms with Crippen molar-refractivity contribution < 1.29 is 0 Å². The zero-order valence-corrected chi connectivity index (χ0v) is 9.11. The van der Waals surface area contributed by atoms with Crippen LogP contribution in [0.25, 0.3) is 0 Å². The van der Waals surface area contributed by atoms with E-state index in [2.05, 4.69) is 33.2 Å². The number of halogens is 1. The summed E-state index contributed by atoms with van der Waals surface area (Å²) < 4.78 is 2.66. The molecule has 2 rings (SSSR count). The van der Waals surface area contributed by atoms with Gasteiger partial charge in [-0.2, -0.15) is 5.10 Å². The molecule has 2 aromatic rings. The van der Waals surface area contributed by atoms with E-state index in [1.54, 1.807) is 6.20 Å². The van der Waals surface area contributed by atoms with Gasteiger partial charge in [-0.15, -0.1) is 0 Å². The highest BCUT2D eigenvalue weighted by Gasteiger charge is 2.04. The third-order valence-corrected chi connectivity index (χ3v) is 2.84. The van der Waals surface area contributed by atoms with Gasteiger partial charge in [-0.3, -0.25) is 4.68 Å². The number of hydrogen-bond donors (Lipinski definition) is 1. The van der Waals surface area contributed by atoms with Gasteiger partial charge in [0.1, 0.15) is 4.60 Å². The van der Waals surface area contributed by atoms with Gasteiger partial charge >= 0.3 is 0 Å². The summed E-state index contributed by atoms with van der Waals surface area (Å²) in [7, 11) is 0. The van der Waals surface area contributed by atoms with Gasteiger partial charge in [0, 0.05) is 0 Å². The number of nitrogens with two attached hydrogens (primary N) is 1. The summed E-state index contributed by atoms with van der Waals surface area (Å²) in [6.07, 6.45) is 1.65. The fraction of sp³-hybridized carbons (Fsp3) is 0.100. The smallest absolute Gasteiger partial charge is 0.127 e. The summed E-state index contributed by atoms with van der Waals surface area (Å²) in [5.41, 5.74) is 7.54. The van der Waals surface area contributed by atoms with Crippen molar-refractivity contribution in [2.75, 3.05) is 5.73 Å². The number of aromatic nitrogens is 2. The molecule has 2 N–H and O–H groups in total. The lowest BCUT2D eigenvalue weighted by atomic mass is 10.2. The first kappa shape index (κ1) is 9.27. The van der Waals surface area contributed by atoms with E-state index >= 15 is 0 Å². The van der Waals surface area contributed by atoms with Crippen LogP contribution in [0.5, 0.6) is 0 Å². The van der Waals surface area contributed by atoms with Crippen LogP contribution in [0.4, 0.5) is 5.69 Å². The van der Waals surface area contributed by atoms with E-state index < -0.39 is 0 Å². The molecule has 0 saturated carbocycles. The second-order valence-corrected chi connectivity index (χ2v) is 3.79. The Labute approximate surface area is 90.7 Å². The zero-order chi connectivity index (χ0) is 9.97. The molecule has 0 aliphatic rings. The minimum atomic E-state index is 0.668. The number of nitrogens with zero attached hydrogens (tertiary/aromatic N) is 2. The van der Waals surface area contributed by atoms with Crippen molar-refractivity contribution >= 4 is 21.6 Å². The molecule has 0 aliphatic heterocycles. The predicted octanol–water partition coefficient (Wildman–Crippen LogP) is 2.28. The van der Waals surface area contributed by atoms with Crippen LogP contribution in [0, 0.1) is 0 Å². The highest BCUT2D eigenvalue weighted by atomic mass is 79.9. The lowest BCUT2D eigenvalue weighted by Gasteiger charge is -2.02. The van der Waals surface area contributed by atoms with E-state index in [1.807, 2.05) is 22.9 Å². The molecule has 1 aromatic heterocycles. The molecule has 3 nitrogen and oxygen atoms in total. The highest BCUT2D eigenvalue weighted by molar-refractivity contribution is 9.10. The summed E-state index contributed by atoms with van der Waals surface area (Å²) in [4.78, 5) is 0. The molecular weight excluding hydrogens is 242 g/mol. The topological polar surface area (TPSA) is 43.8 Å². The number of benzene rings is 1. The Bertz CT molecular complexity index is 422. The normalized spacial score (nSPS) is 10.4. The van der Waals surface area contributed by atoms with Crippen LogP contribution in [-0.4, -0.2) is 9.78 Å². The molecular formula is C10H10BrN3. The van der Waals surface area contributed by atoms with Crippen molar-refractivity contribution in [1.29, 1.82) is 0 Å². The summed E-state index contributed by atoms with van der Waals surface area (Å²) in [5, 5.41) is 4.16. The van der Waals surface area contributed by atoms with E-state index in [4.69, 9.17) is 5.73 Å². The Hall–Kier alpha value is -1.29. The molecule has 0 spiro atoms. The molecule has 4 heteroatoms. The first-order valence-corrected chi connectivity index (χ1v) is 5.07. The predicted molar refractivity (Wildman–Crippen MR) is 59.9 cm³/mol. The zero-order valence-electron chi connectivity index (χ0n) is 7.52. The second-order valence-electron chi connectivity index (χ2n) is 3.03. The molecule has 0 radical (unpaired) electrons. The number of nitrogen functional groups attached to an aromatic ring is 1. The van der Waals surface area contributed by atoms with Crippen LogP contribution in [-0.2, 0) is 6.54 Å². The third kappa shape index (κ3) is 1.80. The Morgan fingerprint density at radius 1 is 1.29 bits per heavy atom. The molecule has 1 aromatic carbocycles. The van der Waals surface area contributed by atoms with Crippen LogP contribution >= 0.6 is 15.9 Å². The van der Waals surface area contributed by atoms with Gasteiger partial charge < -0.3 is 5.73 Å². The molecule has 0 atom stereocenters. The van der Waals surface area contributed by atoms with E-state index in [0.29, 0.717) is 5.69 Å². The quantitative estimate of drug-likeness (QED) is 0.890. The van der Waals surface area contributed by atoms with Gasteiger partial charge in [0.25, 0.3) is 0 Å². The van der Waals surface area contributed by atoms with Crippen LogP contribution < -0.4 is 5.73 Å².